The number of nitrogens with zero attached hydrogens (tertiary/aromatic N) is 2. The van der Waals surface area contributed by atoms with Crippen molar-refractivity contribution in [1.29, 1.82) is 0 Å². The van der Waals surface area contributed by atoms with Crippen LogP contribution in [-0.2, 0) is 0 Å². The molecule has 0 saturated carbocycles. The van der Waals surface area contributed by atoms with Crippen molar-refractivity contribution >= 4 is 0 Å². The van der Waals surface area contributed by atoms with Crippen LogP contribution in [0.4, 0.5) is 0 Å². The van der Waals surface area contributed by atoms with Gasteiger partial charge in [-0.1, -0.05) is 13.3 Å². The molecule has 3 heteroatoms. The maximum atomic E-state index is 3.60. The number of piperidine rings is 2. The molecule has 1 unspecified atom stereocenters. The summed E-state index contributed by atoms with van der Waals surface area (Å²) in [5, 5.41) is 3.60. The fourth-order valence-corrected chi connectivity index (χ4v) is 3.18. The van der Waals surface area contributed by atoms with Crippen molar-refractivity contribution in [3.8, 4) is 0 Å². The molecule has 2 saturated heterocycles. The Bertz CT molecular complexity index is 200. The van der Waals surface area contributed by atoms with Gasteiger partial charge >= 0.3 is 0 Å². The van der Waals surface area contributed by atoms with E-state index in [2.05, 4.69) is 22.0 Å². The molecule has 0 amide bonds. The lowest BCUT2D eigenvalue weighted by Gasteiger charge is -2.35. The Hall–Kier alpha value is -0.120. The molecule has 100 valence electrons. The van der Waals surface area contributed by atoms with Gasteiger partial charge in [0.05, 0.1) is 0 Å². The fraction of sp³-hybridized carbons (Fsp3) is 1.00. The van der Waals surface area contributed by atoms with Crippen LogP contribution < -0.4 is 5.32 Å². The SMILES string of the molecule is CCNC1CCCN(CCN2CCCCC2)C1. The summed E-state index contributed by atoms with van der Waals surface area (Å²) in [7, 11) is 0. The summed E-state index contributed by atoms with van der Waals surface area (Å²) in [6.07, 6.45) is 7.02. The highest BCUT2D eigenvalue weighted by Gasteiger charge is 2.19. The molecule has 0 aromatic carbocycles. The van der Waals surface area contributed by atoms with E-state index in [4.69, 9.17) is 0 Å². The Morgan fingerprint density at radius 2 is 1.65 bits per heavy atom. The molecule has 2 aliphatic rings. The first-order valence-corrected chi connectivity index (χ1v) is 7.56. The zero-order valence-corrected chi connectivity index (χ0v) is 11.5. The van der Waals surface area contributed by atoms with Gasteiger partial charge in [0, 0.05) is 25.7 Å². The highest BCUT2D eigenvalue weighted by atomic mass is 15.2. The summed E-state index contributed by atoms with van der Waals surface area (Å²) in [5.74, 6) is 0. The smallest absolute Gasteiger partial charge is 0.0195 e. The van der Waals surface area contributed by atoms with Crippen molar-refractivity contribution in [2.75, 3.05) is 45.8 Å². The van der Waals surface area contributed by atoms with Crippen molar-refractivity contribution in [3.63, 3.8) is 0 Å². The zero-order chi connectivity index (χ0) is 11.9. The van der Waals surface area contributed by atoms with Gasteiger partial charge in [-0.05, 0) is 51.9 Å². The summed E-state index contributed by atoms with van der Waals surface area (Å²) >= 11 is 0. The van der Waals surface area contributed by atoms with Crippen LogP contribution in [0.3, 0.4) is 0 Å². The Morgan fingerprint density at radius 3 is 2.41 bits per heavy atom. The molecular weight excluding hydrogens is 210 g/mol. The number of hydrogen-bond acceptors (Lipinski definition) is 3. The fourth-order valence-electron chi connectivity index (χ4n) is 3.18. The maximum Gasteiger partial charge on any atom is 0.0195 e. The minimum Gasteiger partial charge on any atom is -0.313 e. The van der Waals surface area contributed by atoms with Crippen LogP contribution in [0.15, 0.2) is 0 Å². The molecule has 0 aromatic heterocycles. The van der Waals surface area contributed by atoms with Crippen LogP contribution in [0.5, 0.6) is 0 Å². The van der Waals surface area contributed by atoms with E-state index in [-0.39, 0.29) is 0 Å². The monoisotopic (exact) mass is 239 g/mol. The number of likely N-dealkylation sites (tertiary alicyclic amines) is 2. The summed E-state index contributed by atoms with van der Waals surface area (Å²) < 4.78 is 0. The second-order valence-electron chi connectivity index (χ2n) is 5.60. The van der Waals surface area contributed by atoms with E-state index in [1.165, 1.54) is 71.4 Å². The first-order chi connectivity index (χ1) is 8.38. The van der Waals surface area contributed by atoms with Gasteiger partial charge in [-0.3, -0.25) is 0 Å². The molecule has 1 N–H and O–H groups in total. The second kappa shape index (κ2) is 7.34. The van der Waals surface area contributed by atoms with Crippen molar-refractivity contribution in [2.24, 2.45) is 0 Å². The molecule has 2 rings (SSSR count). The Morgan fingerprint density at radius 1 is 0.941 bits per heavy atom. The molecule has 2 heterocycles. The predicted molar refractivity (Wildman–Crippen MR) is 73.4 cm³/mol. The third-order valence-electron chi connectivity index (χ3n) is 4.18. The van der Waals surface area contributed by atoms with Crippen molar-refractivity contribution in [1.82, 2.24) is 15.1 Å². The van der Waals surface area contributed by atoms with Crippen LogP contribution >= 0.6 is 0 Å². The first kappa shape index (κ1) is 13.3. The minimum atomic E-state index is 0.745. The lowest BCUT2D eigenvalue weighted by Crippen LogP contribution is -2.48. The minimum absolute atomic E-state index is 0.745. The van der Waals surface area contributed by atoms with Crippen molar-refractivity contribution < 1.29 is 0 Å². The van der Waals surface area contributed by atoms with Crippen LogP contribution in [0.25, 0.3) is 0 Å². The van der Waals surface area contributed by atoms with Crippen LogP contribution in [0.1, 0.15) is 39.0 Å². The first-order valence-electron chi connectivity index (χ1n) is 7.56. The normalized spacial score (nSPS) is 28.4. The van der Waals surface area contributed by atoms with E-state index < -0.39 is 0 Å². The number of nitrogens with one attached hydrogen (secondary N) is 1. The zero-order valence-electron chi connectivity index (χ0n) is 11.5. The molecular formula is C14H29N3. The quantitative estimate of drug-likeness (QED) is 0.785. The van der Waals surface area contributed by atoms with Gasteiger partial charge in [-0.15, -0.1) is 0 Å². The van der Waals surface area contributed by atoms with Crippen LogP contribution in [0.2, 0.25) is 0 Å². The van der Waals surface area contributed by atoms with E-state index >= 15 is 0 Å². The van der Waals surface area contributed by atoms with Gasteiger partial charge in [-0.25, -0.2) is 0 Å². The van der Waals surface area contributed by atoms with E-state index in [1.54, 1.807) is 0 Å². The summed E-state index contributed by atoms with van der Waals surface area (Å²) in [6, 6.07) is 0.745. The summed E-state index contributed by atoms with van der Waals surface area (Å²) in [5.41, 5.74) is 0. The van der Waals surface area contributed by atoms with Crippen LogP contribution in [-0.4, -0.2) is 61.7 Å². The van der Waals surface area contributed by atoms with Gasteiger partial charge in [-0.2, -0.15) is 0 Å². The summed E-state index contributed by atoms with van der Waals surface area (Å²) in [4.78, 5) is 5.31. The Balaban J connectivity index is 1.64. The molecule has 1 atom stereocenters. The van der Waals surface area contributed by atoms with Gasteiger partial charge in [0.2, 0.25) is 0 Å². The van der Waals surface area contributed by atoms with E-state index in [0.717, 1.165) is 12.6 Å². The lowest BCUT2D eigenvalue weighted by molar-refractivity contribution is 0.149. The van der Waals surface area contributed by atoms with Gasteiger partial charge in [0.1, 0.15) is 0 Å². The predicted octanol–water partition coefficient (Wildman–Crippen LogP) is 1.55. The molecule has 2 fully saturated rings. The van der Waals surface area contributed by atoms with E-state index in [1.807, 2.05) is 0 Å². The molecule has 0 aromatic rings. The lowest BCUT2D eigenvalue weighted by atomic mass is 10.1. The van der Waals surface area contributed by atoms with Crippen molar-refractivity contribution in [3.05, 3.63) is 0 Å². The third-order valence-corrected chi connectivity index (χ3v) is 4.18. The molecule has 0 aliphatic carbocycles. The third kappa shape index (κ3) is 4.57. The topological polar surface area (TPSA) is 18.5 Å². The highest BCUT2D eigenvalue weighted by molar-refractivity contribution is 4.78. The molecule has 3 nitrogen and oxygen atoms in total. The average Bonchev–Trinajstić information content (AvgIpc) is 2.39. The number of likely N-dealkylation sites (N-methyl/N-ethyl adjacent to an activating group) is 1. The Labute approximate surface area is 107 Å². The maximum absolute atomic E-state index is 3.60. The second-order valence-corrected chi connectivity index (χ2v) is 5.60. The average molecular weight is 239 g/mol. The largest absolute Gasteiger partial charge is 0.313 e. The summed E-state index contributed by atoms with van der Waals surface area (Å²) in [6.45, 7) is 11.2. The number of hydrogen-bond donors (Lipinski definition) is 1. The molecule has 0 bridgehead atoms. The Kier molecular flexibility index (Phi) is 5.75. The number of rotatable bonds is 5. The van der Waals surface area contributed by atoms with Gasteiger partial charge in [0.15, 0.2) is 0 Å². The molecule has 0 radical (unpaired) electrons. The highest BCUT2D eigenvalue weighted by Crippen LogP contribution is 2.11. The van der Waals surface area contributed by atoms with Gasteiger partial charge in [0.25, 0.3) is 0 Å². The van der Waals surface area contributed by atoms with Gasteiger partial charge < -0.3 is 15.1 Å². The van der Waals surface area contributed by atoms with Crippen LogP contribution in [0, 0.1) is 0 Å². The van der Waals surface area contributed by atoms with Crippen molar-refractivity contribution in [2.45, 2.75) is 45.1 Å². The van der Waals surface area contributed by atoms with E-state index in [0.29, 0.717) is 0 Å². The molecule has 0 spiro atoms. The standard InChI is InChI=1S/C14H29N3/c1-2-15-14-7-6-10-17(13-14)12-11-16-8-4-3-5-9-16/h14-15H,2-13H2,1H3. The molecule has 2 aliphatic heterocycles. The molecule has 17 heavy (non-hydrogen) atoms. The van der Waals surface area contributed by atoms with E-state index in [9.17, 15) is 0 Å².